The smallest absolute Gasteiger partial charge is 0.191 e. The van der Waals surface area contributed by atoms with Gasteiger partial charge in [0.2, 0.25) is 0 Å². The number of benzene rings is 1. The first-order chi connectivity index (χ1) is 10.5. The Bertz CT molecular complexity index is 443. The van der Waals surface area contributed by atoms with Crippen molar-refractivity contribution in [1.82, 2.24) is 15.5 Å². The second-order valence-electron chi connectivity index (χ2n) is 6.12. The molecule has 132 valence electrons. The largest absolute Gasteiger partial charge is 0.356 e. The molecule has 0 aromatic heterocycles. The molecule has 0 unspecified atom stereocenters. The minimum absolute atomic E-state index is 0. The van der Waals surface area contributed by atoms with Crippen molar-refractivity contribution >= 4 is 29.9 Å². The number of hydrogen-bond donors (Lipinski definition) is 2. The number of nitrogens with one attached hydrogen (secondary N) is 2. The molecule has 1 aromatic rings. The fourth-order valence-corrected chi connectivity index (χ4v) is 2.06. The van der Waals surface area contributed by atoms with Crippen LogP contribution in [0, 0.1) is 6.92 Å². The standard InChI is InChI=1S/C18H32N4.HI/c1-15(2)22(5)13-7-6-12-20-18(19-4)21-14-17-10-8-16(3)9-11-17;/h8-11,15H,6-7,12-14H2,1-5H3,(H2,19,20,21);1H. The van der Waals surface area contributed by atoms with Crippen molar-refractivity contribution in [3.05, 3.63) is 35.4 Å². The molecule has 0 aliphatic rings. The summed E-state index contributed by atoms with van der Waals surface area (Å²) in [6.07, 6.45) is 2.36. The average Bonchev–Trinajstić information content (AvgIpc) is 2.51. The molecular formula is C18H33IN4. The van der Waals surface area contributed by atoms with E-state index in [4.69, 9.17) is 0 Å². The molecular weight excluding hydrogens is 399 g/mol. The van der Waals surface area contributed by atoms with Gasteiger partial charge in [-0.25, -0.2) is 0 Å². The number of unbranched alkanes of at least 4 members (excludes halogenated alkanes) is 1. The highest BCUT2D eigenvalue weighted by Crippen LogP contribution is 2.02. The summed E-state index contributed by atoms with van der Waals surface area (Å²) >= 11 is 0. The summed E-state index contributed by atoms with van der Waals surface area (Å²) in [5, 5.41) is 6.73. The summed E-state index contributed by atoms with van der Waals surface area (Å²) in [4.78, 5) is 6.65. The molecule has 0 saturated carbocycles. The van der Waals surface area contributed by atoms with E-state index in [-0.39, 0.29) is 24.0 Å². The first kappa shape index (κ1) is 22.2. The Balaban J connectivity index is 0.00000484. The van der Waals surface area contributed by atoms with Crippen molar-refractivity contribution in [3.63, 3.8) is 0 Å². The molecule has 0 aliphatic carbocycles. The highest BCUT2D eigenvalue weighted by molar-refractivity contribution is 14.0. The summed E-state index contributed by atoms with van der Waals surface area (Å²) in [6, 6.07) is 9.20. The van der Waals surface area contributed by atoms with Gasteiger partial charge < -0.3 is 15.5 Å². The van der Waals surface area contributed by atoms with Crippen LogP contribution in [0.15, 0.2) is 29.3 Å². The minimum Gasteiger partial charge on any atom is -0.356 e. The van der Waals surface area contributed by atoms with E-state index in [1.54, 1.807) is 0 Å². The van der Waals surface area contributed by atoms with Crippen LogP contribution in [0.2, 0.25) is 0 Å². The normalized spacial score (nSPS) is 11.5. The summed E-state index contributed by atoms with van der Waals surface area (Å²) in [5.74, 6) is 0.873. The van der Waals surface area contributed by atoms with Gasteiger partial charge in [-0.2, -0.15) is 0 Å². The molecule has 0 bridgehead atoms. The summed E-state index contributed by atoms with van der Waals surface area (Å²) in [6.45, 7) is 9.48. The Morgan fingerprint density at radius 3 is 2.35 bits per heavy atom. The molecule has 0 heterocycles. The lowest BCUT2D eigenvalue weighted by molar-refractivity contribution is 0.268. The number of halogens is 1. The maximum Gasteiger partial charge on any atom is 0.191 e. The Labute approximate surface area is 159 Å². The molecule has 5 heteroatoms. The second kappa shape index (κ2) is 12.6. The highest BCUT2D eigenvalue weighted by Gasteiger charge is 2.02. The summed E-state index contributed by atoms with van der Waals surface area (Å²) in [7, 11) is 4.00. The Hall–Kier alpha value is -0.820. The van der Waals surface area contributed by atoms with Crippen molar-refractivity contribution in [3.8, 4) is 0 Å². The predicted molar refractivity (Wildman–Crippen MR) is 112 cm³/mol. The number of nitrogens with zero attached hydrogens (tertiary/aromatic N) is 2. The van der Waals surface area contributed by atoms with Crippen molar-refractivity contribution < 1.29 is 0 Å². The van der Waals surface area contributed by atoms with Gasteiger partial charge in [0.05, 0.1) is 0 Å². The van der Waals surface area contributed by atoms with Gasteiger partial charge in [0.25, 0.3) is 0 Å². The van der Waals surface area contributed by atoms with E-state index in [1.165, 1.54) is 17.5 Å². The van der Waals surface area contributed by atoms with Crippen molar-refractivity contribution in [1.29, 1.82) is 0 Å². The maximum atomic E-state index is 4.27. The summed E-state index contributed by atoms with van der Waals surface area (Å²) < 4.78 is 0. The van der Waals surface area contributed by atoms with Crippen LogP contribution in [0.5, 0.6) is 0 Å². The molecule has 2 N–H and O–H groups in total. The third kappa shape index (κ3) is 9.81. The molecule has 0 amide bonds. The fraction of sp³-hybridized carbons (Fsp3) is 0.611. The van der Waals surface area contributed by atoms with Crippen LogP contribution in [0.4, 0.5) is 0 Å². The molecule has 0 aliphatic heterocycles. The first-order valence-corrected chi connectivity index (χ1v) is 8.23. The number of guanidine groups is 1. The van der Waals surface area contributed by atoms with Gasteiger partial charge in [0, 0.05) is 26.2 Å². The van der Waals surface area contributed by atoms with Gasteiger partial charge in [-0.3, -0.25) is 4.99 Å². The van der Waals surface area contributed by atoms with Gasteiger partial charge in [0.1, 0.15) is 0 Å². The average molecular weight is 432 g/mol. The van der Waals surface area contributed by atoms with E-state index in [0.29, 0.717) is 6.04 Å². The van der Waals surface area contributed by atoms with Crippen LogP contribution in [-0.4, -0.2) is 44.1 Å². The SMILES string of the molecule is CN=C(NCCCCN(C)C(C)C)NCc1ccc(C)cc1.I. The second-order valence-corrected chi connectivity index (χ2v) is 6.12. The van der Waals surface area contributed by atoms with E-state index in [9.17, 15) is 0 Å². The lowest BCUT2D eigenvalue weighted by Gasteiger charge is -2.20. The van der Waals surface area contributed by atoms with Crippen LogP contribution < -0.4 is 10.6 Å². The Morgan fingerprint density at radius 1 is 1.13 bits per heavy atom. The van der Waals surface area contributed by atoms with Gasteiger partial charge in [0.15, 0.2) is 5.96 Å². The van der Waals surface area contributed by atoms with E-state index in [0.717, 1.165) is 32.0 Å². The van der Waals surface area contributed by atoms with Crippen LogP contribution in [0.25, 0.3) is 0 Å². The van der Waals surface area contributed by atoms with Crippen LogP contribution in [0.3, 0.4) is 0 Å². The van der Waals surface area contributed by atoms with Crippen molar-refractivity contribution in [2.45, 2.75) is 46.2 Å². The molecule has 0 saturated heterocycles. The fourth-order valence-electron chi connectivity index (χ4n) is 2.06. The Morgan fingerprint density at radius 2 is 1.78 bits per heavy atom. The van der Waals surface area contributed by atoms with Crippen LogP contribution in [-0.2, 0) is 6.54 Å². The number of aliphatic imine (C=N–C) groups is 1. The van der Waals surface area contributed by atoms with Crippen LogP contribution in [0.1, 0.15) is 37.8 Å². The molecule has 1 aromatic carbocycles. The van der Waals surface area contributed by atoms with Gasteiger partial charge in [-0.05, 0) is 52.8 Å². The third-order valence-electron chi connectivity index (χ3n) is 3.92. The highest BCUT2D eigenvalue weighted by atomic mass is 127. The monoisotopic (exact) mass is 432 g/mol. The van der Waals surface area contributed by atoms with Crippen molar-refractivity contribution in [2.75, 3.05) is 27.2 Å². The third-order valence-corrected chi connectivity index (χ3v) is 3.92. The number of rotatable bonds is 8. The van der Waals surface area contributed by atoms with Crippen LogP contribution >= 0.6 is 24.0 Å². The topological polar surface area (TPSA) is 39.7 Å². The lowest BCUT2D eigenvalue weighted by Crippen LogP contribution is -2.37. The molecule has 0 spiro atoms. The Kier molecular flexibility index (Phi) is 12.1. The number of hydrogen-bond acceptors (Lipinski definition) is 2. The zero-order chi connectivity index (χ0) is 16.4. The first-order valence-electron chi connectivity index (χ1n) is 8.23. The van der Waals surface area contributed by atoms with E-state index < -0.39 is 0 Å². The molecule has 1 rings (SSSR count). The summed E-state index contributed by atoms with van der Waals surface area (Å²) in [5.41, 5.74) is 2.56. The quantitative estimate of drug-likeness (QED) is 0.286. The molecule has 0 fully saturated rings. The van der Waals surface area contributed by atoms with E-state index in [1.807, 2.05) is 7.05 Å². The zero-order valence-corrected chi connectivity index (χ0v) is 17.6. The molecule has 4 nitrogen and oxygen atoms in total. The predicted octanol–water partition coefficient (Wildman–Crippen LogP) is 3.40. The van der Waals surface area contributed by atoms with E-state index in [2.05, 4.69) is 72.6 Å². The zero-order valence-electron chi connectivity index (χ0n) is 15.2. The maximum absolute atomic E-state index is 4.27. The molecule has 0 atom stereocenters. The molecule has 0 radical (unpaired) electrons. The van der Waals surface area contributed by atoms with Gasteiger partial charge in [-0.1, -0.05) is 29.8 Å². The minimum atomic E-state index is 0. The van der Waals surface area contributed by atoms with Gasteiger partial charge in [-0.15, -0.1) is 24.0 Å². The van der Waals surface area contributed by atoms with Crippen molar-refractivity contribution in [2.24, 2.45) is 4.99 Å². The van der Waals surface area contributed by atoms with Gasteiger partial charge >= 0.3 is 0 Å². The lowest BCUT2D eigenvalue weighted by atomic mass is 10.1. The molecule has 23 heavy (non-hydrogen) atoms. The number of aryl methyl sites for hydroxylation is 1. The van der Waals surface area contributed by atoms with E-state index >= 15 is 0 Å².